The van der Waals surface area contributed by atoms with Crippen LogP contribution in [0.25, 0.3) is 0 Å². The Morgan fingerprint density at radius 1 is 1.36 bits per heavy atom. The summed E-state index contributed by atoms with van der Waals surface area (Å²) in [6, 6.07) is 4.56. The van der Waals surface area contributed by atoms with E-state index in [0.717, 1.165) is 43.4 Å². The summed E-state index contributed by atoms with van der Waals surface area (Å²) < 4.78 is 1.94. The highest BCUT2D eigenvalue weighted by molar-refractivity contribution is 5.31. The highest BCUT2D eigenvalue weighted by Crippen LogP contribution is 2.20. The Morgan fingerprint density at radius 2 is 2.18 bits per heavy atom. The molecule has 1 aliphatic rings. The van der Waals surface area contributed by atoms with Gasteiger partial charge in [-0.1, -0.05) is 0 Å². The molecule has 2 aromatic rings. The van der Waals surface area contributed by atoms with Crippen molar-refractivity contribution in [2.45, 2.75) is 32.9 Å². The smallest absolute Gasteiger partial charge is 0.225 e. The fourth-order valence-corrected chi connectivity index (χ4v) is 2.98. The minimum Gasteiger partial charge on any atom is -0.340 e. The highest BCUT2D eigenvalue weighted by Gasteiger charge is 2.27. The zero-order valence-electron chi connectivity index (χ0n) is 13.8. The Bertz CT molecular complexity index is 630. The molecule has 0 bridgehead atoms. The first-order valence-corrected chi connectivity index (χ1v) is 7.77. The molecule has 0 aliphatic carbocycles. The topological polar surface area (TPSA) is 50.1 Å². The lowest BCUT2D eigenvalue weighted by atomic mass is 10.2. The molecule has 1 unspecified atom stereocenters. The zero-order chi connectivity index (χ0) is 15.7. The molecule has 2 aromatic heterocycles. The number of anilines is 1. The quantitative estimate of drug-likeness (QED) is 0.857. The summed E-state index contributed by atoms with van der Waals surface area (Å²) in [5.41, 5.74) is 3.36. The second-order valence-electron chi connectivity index (χ2n) is 6.19. The van der Waals surface area contributed by atoms with Crippen molar-refractivity contribution in [2.75, 3.05) is 25.0 Å². The Labute approximate surface area is 131 Å². The standard InChI is InChI=1S/C16H24N6/c1-12-5-7-17-16(18-12)20(3)15-6-8-22(11-15)10-14-9-13(2)21(4)19-14/h5,7,9,15H,6,8,10-11H2,1-4H3. The number of likely N-dealkylation sites (tertiary alicyclic amines) is 1. The van der Waals surface area contributed by atoms with Gasteiger partial charge < -0.3 is 4.90 Å². The second-order valence-corrected chi connectivity index (χ2v) is 6.19. The van der Waals surface area contributed by atoms with Crippen molar-refractivity contribution in [3.05, 3.63) is 35.4 Å². The molecule has 6 heteroatoms. The van der Waals surface area contributed by atoms with Gasteiger partial charge >= 0.3 is 0 Å². The number of rotatable bonds is 4. The molecule has 0 radical (unpaired) electrons. The maximum atomic E-state index is 4.55. The van der Waals surface area contributed by atoms with Crippen LogP contribution in [0.1, 0.15) is 23.5 Å². The van der Waals surface area contributed by atoms with Crippen LogP contribution in [0.15, 0.2) is 18.3 Å². The summed E-state index contributed by atoms with van der Waals surface area (Å²) in [5, 5.41) is 4.55. The van der Waals surface area contributed by atoms with Gasteiger partial charge in [0.05, 0.1) is 5.69 Å². The molecule has 3 heterocycles. The fraction of sp³-hybridized carbons (Fsp3) is 0.562. The number of aromatic nitrogens is 4. The van der Waals surface area contributed by atoms with Crippen LogP contribution in [0.3, 0.4) is 0 Å². The zero-order valence-corrected chi connectivity index (χ0v) is 13.8. The predicted octanol–water partition coefficient (Wildman–Crippen LogP) is 1.54. The first kappa shape index (κ1) is 15.0. The summed E-state index contributed by atoms with van der Waals surface area (Å²) in [5.74, 6) is 0.820. The van der Waals surface area contributed by atoms with Gasteiger partial charge in [-0.15, -0.1) is 0 Å². The van der Waals surface area contributed by atoms with Crippen molar-refractivity contribution < 1.29 is 0 Å². The lowest BCUT2D eigenvalue weighted by molar-refractivity contribution is 0.320. The van der Waals surface area contributed by atoms with Gasteiger partial charge in [-0.05, 0) is 32.4 Å². The Morgan fingerprint density at radius 3 is 2.86 bits per heavy atom. The highest BCUT2D eigenvalue weighted by atomic mass is 15.3. The second kappa shape index (κ2) is 6.04. The van der Waals surface area contributed by atoms with Crippen LogP contribution < -0.4 is 4.90 Å². The van der Waals surface area contributed by atoms with E-state index in [0.29, 0.717) is 6.04 Å². The largest absolute Gasteiger partial charge is 0.340 e. The van der Waals surface area contributed by atoms with E-state index in [1.807, 2.05) is 30.9 Å². The van der Waals surface area contributed by atoms with Crippen molar-refractivity contribution >= 4 is 5.95 Å². The number of hydrogen-bond donors (Lipinski definition) is 0. The van der Waals surface area contributed by atoms with Crippen LogP contribution in [-0.2, 0) is 13.6 Å². The van der Waals surface area contributed by atoms with Gasteiger partial charge in [-0.3, -0.25) is 9.58 Å². The molecule has 0 spiro atoms. The molecule has 1 atom stereocenters. The lowest BCUT2D eigenvalue weighted by Gasteiger charge is -2.24. The Kier molecular flexibility index (Phi) is 4.11. The van der Waals surface area contributed by atoms with Crippen molar-refractivity contribution in [3.8, 4) is 0 Å². The summed E-state index contributed by atoms with van der Waals surface area (Å²) in [6.07, 6.45) is 2.97. The van der Waals surface area contributed by atoms with Crippen molar-refractivity contribution in [3.63, 3.8) is 0 Å². The van der Waals surface area contributed by atoms with Gasteiger partial charge in [-0.25, -0.2) is 9.97 Å². The van der Waals surface area contributed by atoms with Crippen LogP contribution in [0.5, 0.6) is 0 Å². The van der Waals surface area contributed by atoms with Crippen molar-refractivity contribution in [1.29, 1.82) is 0 Å². The normalized spacial score (nSPS) is 18.8. The Balaban J connectivity index is 1.62. The van der Waals surface area contributed by atoms with Gasteiger partial charge in [0.15, 0.2) is 0 Å². The fourth-order valence-electron chi connectivity index (χ4n) is 2.98. The molecule has 0 amide bonds. The van der Waals surface area contributed by atoms with E-state index in [1.165, 1.54) is 5.69 Å². The molecular formula is C16H24N6. The van der Waals surface area contributed by atoms with Crippen LogP contribution in [0, 0.1) is 13.8 Å². The summed E-state index contributed by atoms with van der Waals surface area (Å²) >= 11 is 0. The molecule has 1 saturated heterocycles. The van der Waals surface area contributed by atoms with Gasteiger partial charge in [0.1, 0.15) is 0 Å². The van der Waals surface area contributed by atoms with E-state index in [4.69, 9.17) is 0 Å². The van der Waals surface area contributed by atoms with E-state index >= 15 is 0 Å². The lowest BCUT2D eigenvalue weighted by Crippen LogP contribution is -2.35. The summed E-state index contributed by atoms with van der Waals surface area (Å²) in [4.78, 5) is 13.6. The summed E-state index contributed by atoms with van der Waals surface area (Å²) in [6.45, 7) is 7.13. The van der Waals surface area contributed by atoms with E-state index < -0.39 is 0 Å². The number of likely N-dealkylation sites (N-methyl/N-ethyl adjacent to an activating group) is 1. The monoisotopic (exact) mass is 300 g/mol. The average Bonchev–Trinajstić information content (AvgIpc) is 3.06. The van der Waals surface area contributed by atoms with Gasteiger partial charge in [-0.2, -0.15) is 5.10 Å². The number of nitrogens with zero attached hydrogens (tertiary/aromatic N) is 6. The number of aryl methyl sites for hydroxylation is 3. The van der Waals surface area contributed by atoms with E-state index in [2.05, 4.69) is 44.9 Å². The summed E-state index contributed by atoms with van der Waals surface area (Å²) in [7, 11) is 4.09. The molecular weight excluding hydrogens is 276 g/mol. The molecule has 3 rings (SSSR count). The van der Waals surface area contributed by atoms with E-state index in [9.17, 15) is 0 Å². The van der Waals surface area contributed by atoms with Crippen LogP contribution in [-0.4, -0.2) is 50.8 Å². The Hall–Kier alpha value is -1.95. The maximum absolute atomic E-state index is 4.55. The minimum absolute atomic E-state index is 0.464. The average molecular weight is 300 g/mol. The third-order valence-electron chi connectivity index (χ3n) is 4.44. The third-order valence-corrected chi connectivity index (χ3v) is 4.44. The molecule has 1 fully saturated rings. The molecule has 118 valence electrons. The maximum Gasteiger partial charge on any atom is 0.225 e. The molecule has 0 N–H and O–H groups in total. The van der Waals surface area contributed by atoms with Gasteiger partial charge in [0.2, 0.25) is 5.95 Å². The molecule has 22 heavy (non-hydrogen) atoms. The molecule has 0 aromatic carbocycles. The first-order valence-electron chi connectivity index (χ1n) is 7.77. The molecule has 1 aliphatic heterocycles. The van der Waals surface area contributed by atoms with Gasteiger partial charge in [0.25, 0.3) is 0 Å². The minimum atomic E-state index is 0.464. The number of hydrogen-bond acceptors (Lipinski definition) is 5. The molecule has 0 saturated carbocycles. The van der Waals surface area contributed by atoms with Crippen LogP contribution in [0.4, 0.5) is 5.95 Å². The predicted molar refractivity (Wildman–Crippen MR) is 86.8 cm³/mol. The SMILES string of the molecule is Cc1ccnc(N(C)C2CCN(Cc3cc(C)n(C)n3)C2)n1. The van der Waals surface area contributed by atoms with Crippen molar-refractivity contribution in [1.82, 2.24) is 24.6 Å². The van der Waals surface area contributed by atoms with Crippen molar-refractivity contribution in [2.24, 2.45) is 7.05 Å². The molecule has 6 nitrogen and oxygen atoms in total. The van der Waals surface area contributed by atoms with Crippen LogP contribution in [0.2, 0.25) is 0 Å². The third kappa shape index (κ3) is 3.11. The van der Waals surface area contributed by atoms with Crippen LogP contribution >= 0.6 is 0 Å². The van der Waals surface area contributed by atoms with Gasteiger partial charge in [0, 0.05) is 57.4 Å². The van der Waals surface area contributed by atoms with E-state index in [1.54, 1.807) is 0 Å². The first-order chi connectivity index (χ1) is 10.5. The van der Waals surface area contributed by atoms with E-state index in [-0.39, 0.29) is 0 Å².